The second kappa shape index (κ2) is 6.56. The van der Waals surface area contributed by atoms with Gasteiger partial charge in [0.2, 0.25) is 0 Å². The Labute approximate surface area is 118 Å². The summed E-state index contributed by atoms with van der Waals surface area (Å²) in [6.07, 6.45) is 1.57. The van der Waals surface area contributed by atoms with E-state index >= 15 is 0 Å². The Morgan fingerprint density at radius 1 is 1.47 bits per heavy atom. The largest absolute Gasteiger partial charge is 0.381 e. The van der Waals surface area contributed by atoms with E-state index in [4.69, 9.17) is 26.4 Å². The number of rotatable bonds is 5. The van der Waals surface area contributed by atoms with Crippen LogP contribution in [0.3, 0.4) is 0 Å². The molecule has 1 aliphatic heterocycles. The topological polar surface area (TPSA) is 56.4 Å². The smallest absolute Gasteiger partial charge is 0.140 e. The van der Waals surface area contributed by atoms with Gasteiger partial charge < -0.3 is 19.2 Å². The first-order chi connectivity index (χ1) is 9.20. The molecule has 19 heavy (non-hydrogen) atoms. The molecule has 1 fully saturated rings. The first kappa shape index (κ1) is 14.6. The fraction of sp³-hybridized carbons (Fsp3) is 0.692. The molecular weight excluding hydrogens is 264 g/mol. The number of ether oxygens (including phenoxy) is 3. The van der Waals surface area contributed by atoms with E-state index in [0.717, 1.165) is 24.4 Å². The number of aromatic nitrogens is 2. The first-order valence-corrected chi connectivity index (χ1v) is 6.92. The minimum atomic E-state index is -0.412. The summed E-state index contributed by atoms with van der Waals surface area (Å²) in [6.45, 7) is 4.47. The van der Waals surface area contributed by atoms with Gasteiger partial charge in [-0.15, -0.1) is 0 Å². The zero-order chi connectivity index (χ0) is 13.7. The van der Waals surface area contributed by atoms with E-state index in [2.05, 4.69) is 9.97 Å². The predicted molar refractivity (Wildman–Crippen MR) is 73.5 cm³/mol. The quantitative estimate of drug-likeness (QED) is 0.841. The molecule has 2 heterocycles. The van der Waals surface area contributed by atoms with Crippen molar-refractivity contribution in [1.82, 2.24) is 9.97 Å². The fourth-order valence-corrected chi connectivity index (χ4v) is 2.62. The van der Waals surface area contributed by atoms with Crippen molar-refractivity contribution in [3.63, 3.8) is 0 Å². The Balaban J connectivity index is 2.37. The summed E-state index contributed by atoms with van der Waals surface area (Å²) in [7, 11) is 1.66. The van der Waals surface area contributed by atoms with Crippen LogP contribution in [0.2, 0.25) is 0 Å². The monoisotopic (exact) mass is 284 g/mol. The normalized spacial score (nSPS) is 18.4. The molecule has 106 valence electrons. The number of hydrogen-bond donors (Lipinski definition) is 1. The van der Waals surface area contributed by atoms with Crippen LogP contribution < -0.4 is 0 Å². The van der Waals surface area contributed by atoms with Gasteiger partial charge in [-0.3, -0.25) is 0 Å². The van der Waals surface area contributed by atoms with Crippen LogP contribution in [0, 0.1) is 4.64 Å². The standard InChI is InChI=1S/C13H20N2O3S/c1-3-18-13(4-6-17-7-5-13)12-14-10(9-16-2)8-11(19)15-12/h8H,3-7,9H2,1-2H3,(H,14,15,19). The molecule has 1 aromatic heterocycles. The van der Waals surface area contributed by atoms with E-state index in [1.165, 1.54) is 0 Å². The third kappa shape index (κ3) is 3.39. The van der Waals surface area contributed by atoms with Crippen LogP contribution in [0.25, 0.3) is 0 Å². The van der Waals surface area contributed by atoms with E-state index in [1.807, 2.05) is 13.0 Å². The summed E-state index contributed by atoms with van der Waals surface area (Å²) < 4.78 is 17.1. The van der Waals surface area contributed by atoms with Crippen LogP contribution in [-0.4, -0.2) is 36.9 Å². The minimum Gasteiger partial charge on any atom is -0.381 e. The lowest BCUT2D eigenvalue weighted by Crippen LogP contribution is -2.38. The zero-order valence-corrected chi connectivity index (χ0v) is 12.2. The second-order valence-corrected chi connectivity index (χ2v) is 4.98. The van der Waals surface area contributed by atoms with Crippen molar-refractivity contribution < 1.29 is 14.2 Å². The predicted octanol–water partition coefficient (Wildman–Crippen LogP) is 2.33. The van der Waals surface area contributed by atoms with Crippen molar-refractivity contribution in [3.8, 4) is 0 Å². The van der Waals surface area contributed by atoms with Gasteiger partial charge in [0.1, 0.15) is 16.1 Å². The lowest BCUT2D eigenvalue weighted by atomic mass is 9.93. The third-order valence-electron chi connectivity index (χ3n) is 3.25. The molecule has 0 aromatic carbocycles. The van der Waals surface area contributed by atoms with Crippen molar-refractivity contribution >= 4 is 12.2 Å². The molecule has 1 saturated heterocycles. The SMILES string of the molecule is CCOC1(c2nc(=S)cc(COC)[nH]2)CCOCC1. The van der Waals surface area contributed by atoms with Crippen molar-refractivity contribution in [2.45, 2.75) is 32.0 Å². The van der Waals surface area contributed by atoms with Gasteiger partial charge in [-0.25, -0.2) is 4.98 Å². The van der Waals surface area contributed by atoms with Crippen LogP contribution in [0.5, 0.6) is 0 Å². The number of hydrogen-bond acceptors (Lipinski definition) is 5. The van der Waals surface area contributed by atoms with Crippen LogP contribution in [0.4, 0.5) is 0 Å². The number of methoxy groups -OCH3 is 1. The van der Waals surface area contributed by atoms with Crippen LogP contribution >= 0.6 is 12.2 Å². The summed E-state index contributed by atoms with van der Waals surface area (Å²) in [5.41, 5.74) is 0.507. The average Bonchev–Trinajstić information content (AvgIpc) is 2.40. The van der Waals surface area contributed by atoms with E-state index in [0.29, 0.717) is 31.1 Å². The molecule has 0 aliphatic carbocycles. The molecule has 1 aromatic rings. The molecule has 2 rings (SSSR count). The van der Waals surface area contributed by atoms with Gasteiger partial charge in [0.15, 0.2) is 0 Å². The van der Waals surface area contributed by atoms with Gasteiger partial charge in [0.05, 0.1) is 6.61 Å². The number of H-pyrrole nitrogens is 1. The van der Waals surface area contributed by atoms with E-state index in [9.17, 15) is 0 Å². The number of aromatic amines is 1. The van der Waals surface area contributed by atoms with E-state index in [-0.39, 0.29) is 0 Å². The zero-order valence-electron chi connectivity index (χ0n) is 11.4. The lowest BCUT2D eigenvalue weighted by Gasteiger charge is -2.36. The van der Waals surface area contributed by atoms with Gasteiger partial charge >= 0.3 is 0 Å². The van der Waals surface area contributed by atoms with Crippen molar-refractivity contribution in [2.75, 3.05) is 26.9 Å². The van der Waals surface area contributed by atoms with Crippen LogP contribution in [0.1, 0.15) is 31.3 Å². The molecule has 1 aliphatic rings. The Bertz CT molecular complexity index is 464. The van der Waals surface area contributed by atoms with Crippen LogP contribution in [-0.2, 0) is 26.4 Å². The average molecular weight is 284 g/mol. The highest BCUT2D eigenvalue weighted by Gasteiger charge is 2.37. The summed E-state index contributed by atoms with van der Waals surface area (Å²) in [5, 5.41) is 0. The van der Waals surface area contributed by atoms with Gasteiger partial charge in [-0.1, -0.05) is 12.2 Å². The Kier molecular flexibility index (Phi) is 5.04. The Morgan fingerprint density at radius 3 is 2.84 bits per heavy atom. The number of nitrogens with zero attached hydrogens (tertiary/aromatic N) is 1. The fourth-order valence-electron chi connectivity index (χ4n) is 2.38. The van der Waals surface area contributed by atoms with Gasteiger partial charge in [0.25, 0.3) is 0 Å². The molecule has 0 amide bonds. The molecule has 0 bridgehead atoms. The van der Waals surface area contributed by atoms with Crippen molar-refractivity contribution in [1.29, 1.82) is 0 Å². The number of nitrogens with one attached hydrogen (secondary N) is 1. The van der Waals surface area contributed by atoms with Crippen LogP contribution in [0.15, 0.2) is 6.07 Å². The molecular formula is C13H20N2O3S. The summed E-state index contributed by atoms with van der Waals surface area (Å²) >= 11 is 5.23. The highest BCUT2D eigenvalue weighted by Crippen LogP contribution is 2.34. The summed E-state index contributed by atoms with van der Waals surface area (Å²) in [4.78, 5) is 7.75. The van der Waals surface area contributed by atoms with Gasteiger partial charge in [0, 0.05) is 45.5 Å². The van der Waals surface area contributed by atoms with Crippen molar-refractivity contribution in [2.24, 2.45) is 0 Å². The maximum Gasteiger partial charge on any atom is 0.140 e. The third-order valence-corrected chi connectivity index (χ3v) is 3.46. The Hall–Kier alpha value is -0.820. The maximum absolute atomic E-state index is 5.98. The summed E-state index contributed by atoms with van der Waals surface area (Å²) in [5.74, 6) is 0.789. The molecule has 0 unspecified atom stereocenters. The molecule has 0 saturated carbocycles. The van der Waals surface area contributed by atoms with Crippen molar-refractivity contribution in [3.05, 3.63) is 22.2 Å². The molecule has 5 nitrogen and oxygen atoms in total. The van der Waals surface area contributed by atoms with Gasteiger partial charge in [-0.05, 0) is 13.0 Å². The second-order valence-electron chi connectivity index (χ2n) is 4.57. The molecule has 0 radical (unpaired) electrons. The van der Waals surface area contributed by atoms with E-state index in [1.54, 1.807) is 7.11 Å². The van der Waals surface area contributed by atoms with Gasteiger partial charge in [-0.2, -0.15) is 0 Å². The Morgan fingerprint density at radius 2 is 2.21 bits per heavy atom. The highest BCUT2D eigenvalue weighted by atomic mass is 32.1. The minimum absolute atomic E-state index is 0.412. The molecule has 0 atom stereocenters. The molecule has 0 spiro atoms. The molecule has 1 N–H and O–H groups in total. The lowest BCUT2D eigenvalue weighted by molar-refractivity contribution is -0.118. The van der Waals surface area contributed by atoms with E-state index < -0.39 is 5.60 Å². The summed E-state index contributed by atoms with van der Waals surface area (Å²) in [6, 6.07) is 1.82. The molecule has 6 heteroatoms. The maximum atomic E-state index is 5.98. The first-order valence-electron chi connectivity index (χ1n) is 6.51. The highest BCUT2D eigenvalue weighted by molar-refractivity contribution is 7.71.